The summed E-state index contributed by atoms with van der Waals surface area (Å²) in [6.45, 7) is 0. The van der Waals surface area contributed by atoms with Crippen LogP contribution in [-0.4, -0.2) is 4.57 Å². The van der Waals surface area contributed by atoms with Crippen molar-refractivity contribution >= 4 is 43.7 Å². The molecule has 3 nitrogen and oxygen atoms in total. The molecule has 0 radical (unpaired) electrons. The number of furan rings is 1. The third kappa shape index (κ3) is 3.24. The lowest BCUT2D eigenvalue weighted by molar-refractivity contribution is 0.670. The predicted octanol–water partition coefficient (Wildman–Crippen LogP) is 9.89. The molecule has 0 N–H and O–H groups in total. The van der Waals surface area contributed by atoms with Crippen LogP contribution in [0.2, 0.25) is 0 Å². The van der Waals surface area contributed by atoms with Gasteiger partial charge in [-0.3, -0.25) is 0 Å². The van der Waals surface area contributed by atoms with Gasteiger partial charge in [0.25, 0.3) is 0 Å². The number of hydrogen-bond donors (Lipinski definition) is 0. The summed E-state index contributed by atoms with van der Waals surface area (Å²) in [7, 11) is 0. The second-order valence-corrected chi connectivity index (χ2v) is 10.0. The van der Waals surface area contributed by atoms with Crippen LogP contribution in [0.5, 0.6) is 0 Å². The lowest BCUT2D eigenvalue weighted by atomic mass is 9.96. The highest BCUT2D eigenvalue weighted by Gasteiger charge is 2.19. The maximum atomic E-state index is 10.2. The Morgan fingerprint density at radius 2 is 1.05 bits per heavy atom. The molecule has 40 heavy (non-hydrogen) atoms. The van der Waals surface area contributed by atoms with E-state index in [0.29, 0.717) is 5.56 Å². The average Bonchev–Trinajstić information content (AvgIpc) is 3.57. The fraction of sp³-hybridized carbons (Fsp3) is 0. The van der Waals surface area contributed by atoms with Gasteiger partial charge in [0.15, 0.2) is 0 Å². The van der Waals surface area contributed by atoms with Gasteiger partial charge in [-0.25, -0.2) is 0 Å². The maximum absolute atomic E-state index is 10.2. The molecule has 0 spiro atoms. The molecule has 0 bridgehead atoms. The summed E-state index contributed by atoms with van der Waals surface area (Å²) >= 11 is 0. The molecule has 0 aliphatic heterocycles. The van der Waals surface area contributed by atoms with Gasteiger partial charge in [0.05, 0.1) is 22.3 Å². The first-order chi connectivity index (χ1) is 19.8. The Morgan fingerprint density at radius 1 is 0.500 bits per heavy atom. The monoisotopic (exact) mass is 510 g/mol. The normalized spacial score (nSPS) is 11.5. The molecular weight excluding hydrogens is 488 g/mol. The van der Waals surface area contributed by atoms with Gasteiger partial charge >= 0.3 is 0 Å². The molecule has 0 unspecified atom stereocenters. The van der Waals surface area contributed by atoms with Crippen LogP contribution in [0.4, 0.5) is 0 Å². The standard InChI is InChI=1S/C37H22N2O/c38-23-26-9-7-13-27(36(26)39-33-16-4-1-10-29(33)30-11-2-5-17-34(30)39)24-19-21-25(22-20-24)28-14-8-15-32-31-12-3-6-18-35(31)40-37(28)32/h1-22H. The van der Waals surface area contributed by atoms with Crippen molar-refractivity contribution in [1.29, 1.82) is 5.26 Å². The zero-order chi connectivity index (χ0) is 26.6. The molecule has 3 heteroatoms. The third-order valence-corrected chi connectivity index (χ3v) is 7.87. The Hall–Kier alpha value is -5.59. The van der Waals surface area contributed by atoms with E-state index in [4.69, 9.17) is 4.42 Å². The minimum absolute atomic E-state index is 0.639. The SMILES string of the molecule is N#Cc1cccc(-c2ccc(-c3cccc4c3oc3ccccc34)cc2)c1-n1c2ccccc2c2ccccc21. The van der Waals surface area contributed by atoms with Crippen molar-refractivity contribution < 1.29 is 4.42 Å². The molecule has 0 atom stereocenters. The van der Waals surface area contributed by atoms with Gasteiger partial charge in [0.2, 0.25) is 0 Å². The van der Waals surface area contributed by atoms with E-state index < -0.39 is 0 Å². The molecule has 2 aromatic heterocycles. The molecule has 0 aliphatic rings. The van der Waals surface area contributed by atoms with E-state index >= 15 is 0 Å². The first kappa shape index (κ1) is 22.4. The number of aromatic nitrogens is 1. The van der Waals surface area contributed by atoms with Crippen molar-refractivity contribution in [3.8, 4) is 34.0 Å². The lowest BCUT2D eigenvalue weighted by Gasteiger charge is -2.16. The Morgan fingerprint density at radius 3 is 1.75 bits per heavy atom. The van der Waals surface area contributed by atoms with Crippen LogP contribution in [-0.2, 0) is 0 Å². The molecule has 0 saturated heterocycles. The van der Waals surface area contributed by atoms with Crippen molar-refractivity contribution in [3.63, 3.8) is 0 Å². The fourth-order valence-electron chi connectivity index (χ4n) is 6.07. The predicted molar refractivity (Wildman–Crippen MR) is 164 cm³/mol. The van der Waals surface area contributed by atoms with Gasteiger partial charge in [-0.1, -0.05) is 109 Å². The van der Waals surface area contributed by atoms with E-state index in [1.165, 1.54) is 10.8 Å². The Balaban J connectivity index is 1.33. The number of hydrogen-bond acceptors (Lipinski definition) is 2. The van der Waals surface area contributed by atoms with Gasteiger partial charge in [-0.2, -0.15) is 5.26 Å². The highest BCUT2D eigenvalue weighted by molar-refractivity contribution is 6.11. The van der Waals surface area contributed by atoms with Crippen molar-refractivity contribution in [2.45, 2.75) is 0 Å². The zero-order valence-corrected chi connectivity index (χ0v) is 21.5. The number of para-hydroxylation sites is 5. The molecule has 6 aromatic carbocycles. The number of benzene rings is 6. The van der Waals surface area contributed by atoms with Crippen molar-refractivity contribution in [2.75, 3.05) is 0 Å². The van der Waals surface area contributed by atoms with Crippen LogP contribution in [0.3, 0.4) is 0 Å². The van der Waals surface area contributed by atoms with E-state index in [0.717, 1.165) is 60.9 Å². The third-order valence-electron chi connectivity index (χ3n) is 7.87. The summed E-state index contributed by atoms with van der Waals surface area (Å²) in [5.41, 5.74) is 9.71. The van der Waals surface area contributed by atoms with Gasteiger partial charge in [0.1, 0.15) is 17.2 Å². The summed E-state index contributed by atoms with van der Waals surface area (Å²) < 4.78 is 8.53. The van der Waals surface area contributed by atoms with Crippen molar-refractivity contribution in [1.82, 2.24) is 4.57 Å². The Labute approximate surface area is 230 Å². The summed E-state index contributed by atoms with van der Waals surface area (Å²) in [5, 5.41) is 14.8. The second-order valence-electron chi connectivity index (χ2n) is 10.0. The number of fused-ring (bicyclic) bond motifs is 6. The molecule has 0 aliphatic carbocycles. The van der Waals surface area contributed by atoms with Crippen LogP contribution in [0.15, 0.2) is 138 Å². The van der Waals surface area contributed by atoms with Crippen LogP contribution in [0, 0.1) is 11.3 Å². The molecule has 0 fully saturated rings. The van der Waals surface area contributed by atoms with Gasteiger partial charge in [-0.05, 0) is 35.4 Å². The first-order valence-electron chi connectivity index (χ1n) is 13.3. The molecule has 0 amide bonds. The zero-order valence-electron chi connectivity index (χ0n) is 21.5. The Bertz CT molecular complexity index is 2220. The number of rotatable bonds is 3. The largest absolute Gasteiger partial charge is 0.455 e. The molecule has 2 heterocycles. The van der Waals surface area contributed by atoms with Crippen molar-refractivity contribution in [3.05, 3.63) is 139 Å². The van der Waals surface area contributed by atoms with Crippen LogP contribution in [0.1, 0.15) is 5.56 Å². The van der Waals surface area contributed by atoms with Gasteiger partial charge < -0.3 is 8.98 Å². The second kappa shape index (κ2) is 8.73. The minimum Gasteiger partial charge on any atom is -0.455 e. The van der Waals surface area contributed by atoms with Crippen LogP contribution in [0.25, 0.3) is 71.7 Å². The quantitative estimate of drug-likeness (QED) is 0.237. The first-order valence-corrected chi connectivity index (χ1v) is 13.3. The maximum Gasteiger partial charge on any atom is 0.143 e. The number of nitrogens with zero attached hydrogens (tertiary/aromatic N) is 2. The molecule has 0 saturated carbocycles. The van der Waals surface area contributed by atoms with E-state index in [1.54, 1.807) is 0 Å². The number of nitriles is 1. The van der Waals surface area contributed by atoms with Crippen LogP contribution < -0.4 is 0 Å². The topological polar surface area (TPSA) is 41.9 Å². The van der Waals surface area contributed by atoms with Crippen molar-refractivity contribution in [2.24, 2.45) is 0 Å². The Kier molecular flexibility index (Phi) is 4.89. The highest BCUT2D eigenvalue weighted by Crippen LogP contribution is 2.39. The molecular formula is C37H22N2O. The summed E-state index contributed by atoms with van der Waals surface area (Å²) in [6.07, 6.45) is 0. The molecule has 186 valence electrons. The smallest absolute Gasteiger partial charge is 0.143 e. The average molecular weight is 511 g/mol. The van der Waals surface area contributed by atoms with E-state index in [9.17, 15) is 5.26 Å². The van der Waals surface area contributed by atoms with E-state index in [2.05, 4.69) is 114 Å². The summed E-state index contributed by atoms with van der Waals surface area (Å²) in [6, 6.07) is 48.3. The van der Waals surface area contributed by atoms with Crippen LogP contribution >= 0.6 is 0 Å². The van der Waals surface area contributed by atoms with E-state index in [-0.39, 0.29) is 0 Å². The summed E-state index contributed by atoms with van der Waals surface area (Å²) in [4.78, 5) is 0. The van der Waals surface area contributed by atoms with Gasteiger partial charge in [0, 0.05) is 32.7 Å². The highest BCUT2D eigenvalue weighted by atomic mass is 16.3. The molecule has 8 rings (SSSR count). The van der Waals surface area contributed by atoms with Gasteiger partial charge in [-0.15, -0.1) is 0 Å². The lowest BCUT2D eigenvalue weighted by Crippen LogP contribution is -2.00. The summed E-state index contributed by atoms with van der Waals surface area (Å²) in [5.74, 6) is 0. The fourth-order valence-corrected chi connectivity index (χ4v) is 6.07. The molecule has 8 aromatic rings. The van der Waals surface area contributed by atoms with E-state index in [1.807, 2.05) is 30.3 Å². The minimum atomic E-state index is 0.639.